The van der Waals surface area contributed by atoms with Crippen LogP contribution in [0, 0.1) is 11.3 Å². The second kappa shape index (κ2) is 23.7. The SMILES string of the molecule is CCn1c(-c2cccnc2[C@H](C)OC)c2c3cc(ccc31)-c1csc(n1)C[C@H](NC(=O)[C@H](C(C)C)N(C)C(=O)N1CC(OC)C1)C(=O)N1CCC[C@H](N1)C(=O)N(C)CC(C)(C)C2.S.S.S.S. The first-order valence-corrected chi connectivity index (χ1v) is 22.7. The Morgan fingerprint density at radius 1 is 1.06 bits per heavy atom. The quantitative estimate of drug-likeness (QED) is 0.206. The molecule has 3 aromatic heterocycles. The molecule has 0 aliphatic carbocycles. The number of fused-ring (bicyclic) bond motifs is 6. The summed E-state index contributed by atoms with van der Waals surface area (Å²) in [5.74, 6) is -1.16. The lowest BCUT2D eigenvalue weighted by atomic mass is 9.83. The number of rotatable bonds is 9. The molecule has 7 rings (SSSR count). The van der Waals surface area contributed by atoms with Crippen molar-refractivity contribution in [3.63, 3.8) is 0 Å². The molecule has 15 nitrogen and oxygen atoms in total. The van der Waals surface area contributed by atoms with E-state index in [2.05, 4.69) is 60.3 Å². The maximum absolute atomic E-state index is 14.6. The Hall–Kier alpha value is -3.50. The van der Waals surface area contributed by atoms with Crippen molar-refractivity contribution in [2.45, 2.75) is 104 Å². The molecule has 366 valence electrons. The van der Waals surface area contributed by atoms with Crippen molar-refractivity contribution < 1.29 is 28.7 Å². The zero-order valence-corrected chi connectivity index (χ0v) is 44.7. The van der Waals surface area contributed by atoms with Crippen LogP contribution in [0.1, 0.15) is 76.8 Å². The summed E-state index contributed by atoms with van der Waals surface area (Å²) in [7, 11) is 6.78. The molecule has 1 aromatic carbocycles. The summed E-state index contributed by atoms with van der Waals surface area (Å²) in [6.45, 7) is 14.8. The Labute approximate surface area is 421 Å². The predicted octanol–water partition coefficient (Wildman–Crippen LogP) is 5.98. The molecule has 20 heteroatoms. The highest BCUT2D eigenvalue weighted by molar-refractivity contribution is 7.59. The third-order valence-electron chi connectivity index (χ3n) is 12.7. The number of nitrogens with one attached hydrogen (secondary N) is 2. The molecular weight excluding hydrogens is 935 g/mol. The van der Waals surface area contributed by atoms with Crippen LogP contribution in [0.4, 0.5) is 4.79 Å². The van der Waals surface area contributed by atoms with E-state index in [-0.39, 0.29) is 102 Å². The molecule has 3 aliphatic heterocycles. The number of likely N-dealkylation sites (N-methyl/N-ethyl adjacent to an activating group) is 2. The second-order valence-corrected chi connectivity index (χ2v) is 19.1. The highest BCUT2D eigenvalue weighted by Crippen LogP contribution is 2.42. The van der Waals surface area contributed by atoms with Crippen LogP contribution in [0.2, 0.25) is 0 Å². The van der Waals surface area contributed by atoms with Gasteiger partial charge in [-0.3, -0.25) is 24.4 Å². The van der Waals surface area contributed by atoms with Gasteiger partial charge in [-0.15, -0.1) is 11.3 Å². The van der Waals surface area contributed by atoms with Gasteiger partial charge in [0, 0.05) is 88.0 Å². The second-order valence-electron chi connectivity index (χ2n) is 18.2. The van der Waals surface area contributed by atoms with Gasteiger partial charge in [-0.05, 0) is 74.3 Å². The number of urea groups is 1. The van der Waals surface area contributed by atoms with E-state index in [9.17, 15) is 19.2 Å². The molecule has 6 bridgehead atoms. The third-order valence-corrected chi connectivity index (χ3v) is 13.5. The summed E-state index contributed by atoms with van der Waals surface area (Å²) >= 11 is 1.43. The normalized spacial score (nSPS) is 19.6. The van der Waals surface area contributed by atoms with Crippen molar-refractivity contribution in [1.29, 1.82) is 0 Å². The van der Waals surface area contributed by atoms with E-state index in [4.69, 9.17) is 19.4 Å². The monoisotopic (exact) mass is 1010 g/mol. The lowest BCUT2D eigenvalue weighted by molar-refractivity contribution is -0.146. The van der Waals surface area contributed by atoms with Gasteiger partial charge >= 0.3 is 6.03 Å². The molecular formula is C46H71N9O6S5. The van der Waals surface area contributed by atoms with Crippen molar-refractivity contribution in [3.8, 4) is 22.5 Å². The number of hydrogen-bond donors (Lipinski definition) is 2. The minimum atomic E-state index is -1.02. The maximum atomic E-state index is 14.6. The summed E-state index contributed by atoms with van der Waals surface area (Å²) in [6.07, 6.45) is 3.48. The number of carbonyl (C=O) groups excluding carboxylic acids is 4. The number of hydrogen-bond acceptors (Lipinski definition) is 10. The molecule has 5 amide bonds. The van der Waals surface area contributed by atoms with Gasteiger partial charge in [0.25, 0.3) is 5.91 Å². The molecule has 0 radical (unpaired) electrons. The molecule has 4 aromatic rings. The van der Waals surface area contributed by atoms with Crippen LogP contribution >= 0.6 is 65.3 Å². The minimum absolute atomic E-state index is 0. The van der Waals surface area contributed by atoms with Crippen LogP contribution in [-0.2, 0) is 43.2 Å². The van der Waals surface area contributed by atoms with E-state index in [1.807, 2.05) is 45.5 Å². The number of hydrazine groups is 1. The van der Waals surface area contributed by atoms with Crippen LogP contribution in [0.25, 0.3) is 33.4 Å². The van der Waals surface area contributed by atoms with Gasteiger partial charge in [0.2, 0.25) is 11.8 Å². The molecule has 3 aliphatic rings. The van der Waals surface area contributed by atoms with Gasteiger partial charge in [0.1, 0.15) is 18.1 Å². The zero-order chi connectivity index (χ0) is 44.6. The van der Waals surface area contributed by atoms with Gasteiger partial charge in [0.05, 0.1) is 47.4 Å². The highest BCUT2D eigenvalue weighted by atomic mass is 32.1. The predicted molar refractivity (Wildman–Crippen MR) is 282 cm³/mol. The van der Waals surface area contributed by atoms with E-state index in [1.54, 1.807) is 31.1 Å². The number of carbonyl (C=O) groups is 4. The molecule has 2 fully saturated rings. The minimum Gasteiger partial charge on any atom is -0.378 e. The number of amides is 5. The third kappa shape index (κ3) is 11.7. The zero-order valence-electron chi connectivity index (χ0n) is 39.9. The maximum Gasteiger partial charge on any atom is 0.320 e. The van der Waals surface area contributed by atoms with E-state index in [0.29, 0.717) is 50.4 Å². The number of nitrogens with zero attached hydrogens (tertiary/aromatic N) is 7. The number of thiazole rings is 1. The molecule has 6 heterocycles. The van der Waals surface area contributed by atoms with Gasteiger partial charge in [-0.25, -0.2) is 15.2 Å². The fraction of sp³-hybridized carbons (Fsp3) is 0.565. The molecule has 0 saturated carbocycles. The molecule has 0 unspecified atom stereocenters. The van der Waals surface area contributed by atoms with Crippen LogP contribution in [-0.4, -0.2) is 137 Å². The Bertz CT molecular complexity index is 2320. The van der Waals surface area contributed by atoms with Gasteiger partial charge in [0.15, 0.2) is 0 Å². The van der Waals surface area contributed by atoms with E-state index in [1.165, 1.54) is 21.2 Å². The van der Waals surface area contributed by atoms with Crippen LogP contribution in [0.3, 0.4) is 0 Å². The number of ether oxygens (including phenoxy) is 2. The number of aromatic nitrogens is 3. The summed E-state index contributed by atoms with van der Waals surface area (Å²) < 4.78 is 13.5. The fourth-order valence-electron chi connectivity index (χ4n) is 9.46. The van der Waals surface area contributed by atoms with Crippen LogP contribution < -0.4 is 10.7 Å². The number of likely N-dealkylation sites (tertiary alicyclic amines) is 1. The van der Waals surface area contributed by atoms with Crippen molar-refractivity contribution in [1.82, 2.24) is 45.0 Å². The van der Waals surface area contributed by atoms with Crippen LogP contribution in [0.15, 0.2) is 41.9 Å². The van der Waals surface area contributed by atoms with Gasteiger partial charge < -0.3 is 34.1 Å². The smallest absolute Gasteiger partial charge is 0.320 e. The topological polar surface area (TPSA) is 154 Å². The Balaban J connectivity index is 0.00000289. The molecule has 2 saturated heterocycles. The number of aryl methyl sites for hydroxylation is 1. The Morgan fingerprint density at radius 3 is 2.42 bits per heavy atom. The largest absolute Gasteiger partial charge is 0.378 e. The van der Waals surface area contributed by atoms with Crippen molar-refractivity contribution in [3.05, 3.63) is 58.2 Å². The molecule has 0 spiro atoms. The number of methoxy groups -OCH3 is 2. The van der Waals surface area contributed by atoms with Crippen molar-refractivity contribution >= 4 is 100.0 Å². The summed E-state index contributed by atoms with van der Waals surface area (Å²) in [5.41, 5.74) is 9.78. The number of benzene rings is 1. The van der Waals surface area contributed by atoms with E-state index >= 15 is 0 Å². The van der Waals surface area contributed by atoms with E-state index in [0.717, 1.165) is 51.2 Å². The van der Waals surface area contributed by atoms with Crippen molar-refractivity contribution in [2.75, 3.05) is 54.5 Å². The fourth-order valence-corrected chi connectivity index (χ4v) is 10.3. The Morgan fingerprint density at radius 2 is 1.77 bits per heavy atom. The van der Waals surface area contributed by atoms with Gasteiger partial charge in [-0.1, -0.05) is 33.8 Å². The summed E-state index contributed by atoms with van der Waals surface area (Å²) in [6, 6.07) is 7.77. The molecule has 66 heavy (non-hydrogen) atoms. The molecule has 4 atom stereocenters. The van der Waals surface area contributed by atoms with Crippen molar-refractivity contribution in [2.24, 2.45) is 11.3 Å². The average Bonchev–Trinajstić information content (AvgIpc) is 3.83. The molecule has 2 N–H and O–H groups in total. The lowest BCUT2D eigenvalue weighted by Crippen LogP contribution is -2.64. The highest BCUT2D eigenvalue weighted by Gasteiger charge is 2.41. The average molecular weight is 1010 g/mol. The Kier molecular flexibility index (Phi) is 20.4. The first kappa shape index (κ1) is 56.8. The first-order chi connectivity index (χ1) is 29.5. The van der Waals surface area contributed by atoms with Gasteiger partial charge in [-0.2, -0.15) is 54.0 Å². The standard InChI is InChI=1S/C46H63N9O6S.4H2S/c1-11-54-37-17-16-29-20-32(37)33(41(54)31-14-12-18-47-39(31)28(4)60-9)22-46(5,6)26-51(7)43(57)34-15-13-19-55(50-34)44(58)35(21-38-48-36(29)25-62-38)49-42(56)40(27(2)3)52(8)45(59)53-23-30(24-53)61-10;;;;/h12,14,16-18,20,25,27-28,30,34-35,40,50H,11,13,15,19,21-24,26H2,1-10H3,(H,49,56);4*1H2/t28-,34-,35-,40-;;;;/m0..../s1. The first-order valence-electron chi connectivity index (χ1n) is 21.8. The van der Waals surface area contributed by atoms with E-state index < -0.39 is 24.0 Å². The summed E-state index contributed by atoms with van der Waals surface area (Å²) in [5, 5.41) is 8.30. The summed E-state index contributed by atoms with van der Waals surface area (Å²) in [4.78, 5) is 71.5. The lowest BCUT2D eigenvalue weighted by Gasteiger charge is -2.42. The van der Waals surface area contributed by atoms with Crippen LogP contribution in [0.5, 0.6) is 0 Å². The number of pyridine rings is 1.